The van der Waals surface area contributed by atoms with Gasteiger partial charge in [-0.25, -0.2) is 9.37 Å². The van der Waals surface area contributed by atoms with Gasteiger partial charge in [-0.2, -0.15) is 0 Å². The van der Waals surface area contributed by atoms with E-state index in [1.54, 1.807) is 30.5 Å². The molecule has 0 saturated carbocycles. The standard InChI is InChI=1S/C12H13FN2O2/c1-7(12(16)17)6-10-8(2)14-11-9(13)4-3-5-15(10)11/h3-5,7H,6H2,1-2H3,(H,16,17). The molecule has 1 unspecified atom stereocenters. The van der Waals surface area contributed by atoms with E-state index in [-0.39, 0.29) is 5.65 Å². The third-order valence-electron chi connectivity index (χ3n) is 2.82. The van der Waals surface area contributed by atoms with Crippen LogP contribution in [-0.4, -0.2) is 20.5 Å². The zero-order valence-electron chi connectivity index (χ0n) is 9.64. The first kappa shape index (κ1) is 11.6. The molecule has 1 N–H and O–H groups in total. The molecule has 0 aromatic carbocycles. The van der Waals surface area contributed by atoms with Gasteiger partial charge in [-0.05, 0) is 19.1 Å². The molecule has 0 radical (unpaired) electrons. The Morgan fingerprint density at radius 2 is 2.35 bits per heavy atom. The summed E-state index contributed by atoms with van der Waals surface area (Å²) in [4.78, 5) is 15.0. The average molecular weight is 236 g/mol. The SMILES string of the molecule is Cc1nc2c(F)cccn2c1CC(C)C(=O)O. The molecule has 4 nitrogen and oxygen atoms in total. The molecule has 2 heterocycles. The van der Waals surface area contributed by atoms with Crippen LogP contribution in [0.25, 0.3) is 5.65 Å². The lowest BCUT2D eigenvalue weighted by molar-refractivity contribution is -0.141. The second-order valence-corrected chi connectivity index (χ2v) is 4.14. The number of aromatic nitrogens is 2. The molecule has 17 heavy (non-hydrogen) atoms. The maximum absolute atomic E-state index is 13.5. The highest BCUT2D eigenvalue weighted by atomic mass is 19.1. The van der Waals surface area contributed by atoms with Crippen molar-refractivity contribution in [1.29, 1.82) is 0 Å². The van der Waals surface area contributed by atoms with Crippen LogP contribution in [0.1, 0.15) is 18.3 Å². The summed E-state index contributed by atoms with van der Waals surface area (Å²) in [6, 6.07) is 2.92. The van der Waals surface area contributed by atoms with Crippen molar-refractivity contribution in [1.82, 2.24) is 9.38 Å². The molecule has 0 saturated heterocycles. The van der Waals surface area contributed by atoms with Gasteiger partial charge in [-0.1, -0.05) is 6.92 Å². The number of carboxylic acid groups (broad SMARTS) is 1. The highest BCUT2D eigenvalue weighted by molar-refractivity contribution is 5.70. The van der Waals surface area contributed by atoms with Crippen LogP contribution in [0.3, 0.4) is 0 Å². The summed E-state index contributed by atoms with van der Waals surface area (Å²) < 4.78 is 15.1. The van der Waals surface area contributed by atoms with Crippen molar-refractivity contribution in [3.63, 3.8) is 0 Å². The number of rotatable bonds is 3. The number of carbonyl (C=O) groups is 1. The highest BCUT2D eigenvalue weighted by Crippen LogP contribution is 2.18. The van der Waals surface area contributed by atoms with Crippen LogP contribution < -0.4 is 0 Å². The Kier molecular flexibility index (Phi) is 2.83. The highest BCUT2D eigenvalue weighted by Gasteiger charge is 2.18. The third-order valence-corrected chi connectivity index (χ3v) is 2.82. The number of imidazole rings is 1. The molecule has 0 aliphatic carbocycles. The molecule has 0 bridgehead atoms. The van der Waals surface area contributed by atoms with Gasteiger partial charge in [-0.15, -0.1) is 0 Å². The number of aryl methyl sites for hydroxylation is 1. The first-order valence-corrected chi connectivity index (χ1v) is 5.35. The minimum Gasteiger partial charge on any atom is -0.481 e. The Labute approximate surface area is 97.7 Å². The summed E-state index contributed by atoms with van der Waals surface area (Å²) in [6.45, 7) is 3.39. The molecule has 0 fully saturated rings. The molecule has 0 spiro atoms. The summed E-state index contributed by atoms with van der Waals surface area (Å²) in [6.07, 6.45) is 2.04. The lowest BCUT2D eigenvalue weighted by Gasteiger charge is -2.07. The summed E-state index contributed by atoms with van der Waals surface area (Å²) in [7, 11) is 0. The van der Waals surface area contributed by atoms with Gasteiger partial charge in [-0.3, -0.25) is 4.79 Å². The normalized spacial score (nSPS) is 12.9. The monoisotopic (exact) mass is 236 g/mol. The van der Waals surface area contributed by atoms with Gasteiger partial charge >= 0.3 is 5.97 Å². The van der Waals surface area contributed by atoms with Gasteiger partial charge in [0.1, 0.15) is 0 Å². The van der Waals surface area contributed by atoms with Crippen LogP contribution in [0.5, 0.6) is 0 Å². The van der Waals surface area contributed by atoms with Gasteiger partial charge < -0.3 is 9.51 Å². The molecule has 0 amide bonds. The fourth-order valence-corrected chi connectivity index (χ4v) is 1.82. The topological polar surface area (TPSA) is 54.6 Å². The van der Waals surface area contributed by atoms with E-state index in [1.807, 2.05) is 0 Å². The third kappa shape index (κ3) is 2.00. The minimum atomic E-state index is -0.865. The largest absolute Gasteiger partial charge is 0.481 e. The minimum absolute atomic E-state index is 0.248. The molecule has 2 aromatic rings. The van der Waals surface area contributed by atoms with E-state index in [9.17, 15) is 9.18 Å². The maximum Gasteiger partial charge on any atom is 0.306 e. The Hall–Kier alpha value is -1.91. The molecule has 0 aliphatic heterocycles. The first-order valence-electron chi connectivity index (χ1n) is 5.35. The number of aliphatic carboxylic acids is 1. The van der Waals surface area contributed by atoms with Crippen LogP contribution in [0.4, 0.5) is 4.39 Å². The van der Waals surface area contributed by atoms with E-state index in [2.05, 4.69) is 4.98 Å². The Morgan fingerprint density at radius 3 is 3.00 bits per heavy atom. The van der Waals surface area contributed by atoms with Crippen molar-refractivity contribution in [2.45, 2.75) is 20.3 Å². The smallest absolute Gasteiger partial charge is 0.306 e. The van der Waals surface area contributed by atoms with Gasteiger partial charge in [0, 0.05) is 18.3 Å². The second kappa shape index (κ2) is 4.16. The fourth-order valence-electron chi connectivity index (χ4n) is 1.82. The second-order valence-electron chi connectivity index (χ2n) is 4.14. The van der Waals surface area contributed by atoms with Crippen LogP contribution in [-0.2, 0) is 11.2 Å². The van der Waals surface area contributed by atoms with Crippen LogP contribution in [0, 0.1) is 18.7 Å². The van der Waals surface area contributed by atoms with Crippen molar-refractivity contribution < 1.29 is 14.3 Å². The molecule has 0 aliphatic rings. The fraction of sp³-hybridized carbons (Fsp3) is 0.333. The van der Waals surface area contributed by atoms with Gasteiger partial charge in [0.05, 0.1) is 11.6 Å². The lowest BCUT2D eigenvalue weighted by atomic mass is 10.1. The molecule has 1 atom stereocenters. The quantitative estimate of drug-likeness (QED) is 0.887. The van der Waals surface area contributed by atoms with Crippen molar-refractivity contribution in [3.05, 3.63) is 35.5 Å². The summed E-state index contributed by atoms with van der Waals surface area (Å²) in [5.41, 5.74) is 1.66. The molecular weight excluding hydrogens is 223 g/mol. The van der Waals surface area contributed by atoms with Crippen molar-refractivity contribution in [3.8, 4) is 0 Å². The molecule has 90 valence electrons. The van der Waals surface area contributed by atoms with E-state index in [0.717, 1.165) is 5.69 Å². The van der Waals surface area contributed by atoms with E-state index < -0.39 is 17.7 Å². The van der Waals surface area contributed by atoms with Gasteiger partial charge in [0.2, 0.25) is 0 Å². The van der Waals surface area contributed by atoms with Gasteiger partial charge in [0.25, 0.3) is 0 Å². The predicted molar refractivity (Wildman–Crippen MR) is 60.4 cm³/mol. The zero-order chi connectivity index (χ0) is 12.6. The molecular formula is C12H13FN2O2. The van der Waals surface area contributed by atoms with Gasteiger partial charge in [0.15, 0.2) is 11.5 Å². The average Bonchev–Trinajstić information content (AvgIpc) is 2.58. The maximum atomic E-state index is 13.5. The van der Waals surface area contributed by atoms with Crippen LogP contribution in [0.2, 0.25) is 0 Å². The molecule has 2 aromatic heterocycles. The number of pyridine rings is 1. The first-order chi connectivity index (χ1) is 8.00. The van der Waals surface area contributed by atoms with Crippen LogP contribution in [0.15, 0.2) is 18.3 Å². The number of nitrogens with zero attached hydrogens (tertiary/aromatic N) is 2. The van der Waals surface area contributed by atoms with Crippen LogP contribution >= 0.6 is 0 Å². The summed E-state index contributed by atoms with van der Waals surface area (Å²) >= 11 is 0. The van der Waals surface area contributed by atoms with E-state index >= 15 is 0 Å². The Balaban J connectivity index is 2.50. The van der Waals surface area contributed by atoms with Crippen molar-refractivity contribution in [2.75, 3.05) is 0 Å². The Bertz CT molecular complexity index is 577. The van der Waals surface area contributed by atoms with E-state index in [0.29, 0.717) is 12.1 Å². The molecule has 5 heteroatoms. The number of hydrogen-bond donors (Lipinski definition) is 1. The van der Waals surface area contributed by atoms with Crippen molar-refractivity contribution in [2.24, 2.45) is 5.92 Å². The number of halogens is 1. The zero-order valence-corrected chi connectivity index (χ0v) is 9.64. The van der Waals surface area contributed by atoms with E-state index in [4.69, 9.17) is 5.11 Å². The number of fused-ring (bicyclic) bond motifs is 1. The number of carboxylic acids is 1. The van der Waals surface area contributed by atoms with Crippen molar-refractivity contribution >= 4 is 11.6 Å². The summed E-state index contributed by atoms with van der Waals surface area (Å²) in [5.74, 6) is -1.78. The predicted octanol–water partition coefficient (Wildman–Crippen LogP) is 2.05. The molecule has 2 rings (SSSR count). The van der Waals surface area contributed by atoms with E-state index in [1.165, 1.54) is 6.07 Å². The summed E-state index contributed by atoms with van der Waals surface area (Å²) in [5, 5.41) is 8.89. The number of hydrogen-bond acceptors (Lipinski definition) is 2. The lowest BCUT2D eigenvalue weighted by Crippen LogP contribution is -2.14. The Morgan fingerprint density at radius 1 is 1.65 bits per heavy atom.